The van der Waals surface area contributed by atoms with Crippen LogP contribution in [0.1, 0.15) is 65.0 Å². The SMILES string of the molecule is COC(=O)c1c(NC(=S)NC(=O)COc2ccc(C(C)C)c(C)c2)sc2c1CCC(C)C2. The summed E-state index contributed by atoms with van der Waals surface area (Å²) in [6.07, 6.45) is 2.79. The molecule has 0 saturated heterocycles. The van der Waals surface area contributed by atoms with Crippen molar-refractivity contribution >= 4 is 45.5 Å². The maximum atomic E-state index is 12.4. The molecule has 0 saturated carbocycles. The Balaban J connectivity index is 1.61. The number of amides is 1. The highest BCUT2D eigenvalue weighted by atomic mass is 32.1. The molecule has 3 rings (SSSR count). The average Bonchev–Trinajstić information content (AvgIpc) is 3.07. The Morgan fingerprint density at radius 3 is 2.72 bits per heavy atom. The van der Waals surface area contributed by atoms with Gasteiger partial charge in [-0.15, -0.1) is 11.3 Å². The van der Waals surface area contributed by atoms with Crippen LogP contribution in [0.5, 0.6) is 5.75 Å². The maximum absolute atomic E-state index is 12.4. The second kappa shape index (κ2) is 10.4. The Morgan fingerprint density at radius 2 is 2.06 bits per heavy atom. The van der Waals surface area contributed by atoms with Crippen molar-refractivity contribution in [3.8, 4) is 5.75 Å². The van der Waals surface area contributed by atoms with Gasteiger partial charge in [-0.05, 0) is 79.1 Å². The predicted molar refractivity (Wildman–Crippen MR) is 132 cm³/mol. The summed E-state index contributed by atoms with van der Waals surface area (Å²) in [5, 5.41) is 6.38. The molecule has 1 heterocycles. The van der Waals surface area contributed by atoms with Crippen molar-refractivity contribution in [1.29, 1.82) is 0 Å². The van der Waals surface area contributed by atoms with E-state index >= 15 is 0 Å². The molecule has 2 aromatic rings. The van der Waals surface area contributed by atoms with Crippen molar-refractivity contribution in [2.45, 2.75) is 52.9 Å². The number of fused-ring (bicyclic) bond motifs is 1. The first kappa shape index (κ1) is 24.2. The van der Waals surface area contributed by atoms with Gasteiger partial charge in [0.2, 0.25) is 0 Å². The first-order valence-electron chi connectivity index (χ1n) is 10.8. The number of carbonyl (C=O) groups is 2. The lowest BCUT2D eigenvalue weighted by atomic mass is 9.88. The predicted octanol–water partition coefficient (Wildman–Crippen LogP) is 4.98. The second-order valence-electron chi connectivity index (χ2n) is 8.51. The van der Waals surface area contributed by atoms with E-state index < -0.39 is 5.97 Å². The molecular formula is C24H30N2O4S2. The summed E-state index contributed by atoms with van der Waals surface area (Å²) in [6, 6.07) is 5.82. The smallest absolute Gasteiger partial charge is 0.341 e. The summed E-state index contributed by atoms with van der Waals surface area (Å²) in [7, 11) is 1.37. The number of hydrogen-bond donors (Lipinski definition) is 2. The lowest BCUT2D eigenvalue weighted by molar-refractivity contribution is -0.121. The van der Waals surface area contributed by atoms with Crippen LogP contribution in [0, 0.1) is 12.8 Å². The van der Waals surface area contributed by atoms with E-state index in [-0.39, 0.29) is 17.6 Å². The number of rotatable bonds is 6. The van der Waals surface area contributed by atoms with Crippen molar-refractivity contribution in [2.24, 2.45) is 5.92 Å². The van der Waals surface area contributed by atoms with Crippen LogP contribution in [-0.4, -0.2) is 30.7 Å². The molecule has 1 aromatic carbocycles. The summed E-state index contributed by atoms with van der Waals surface area (Å²) in [5.74, 6) is 0.868. The summed E-state index contributed by atoms with van der Waals surface area (Å²) in [6.45, 7) is 8.35. The van der Waals surface area contributed by atoms with E-state index in [1.54, 1.807) is 0 Å². The topological polar surface area (TPSA) is 76.7 Å². The highest BCUT2D eigenvalue weighted by Gasteiger charge is 2.28. The van der Waals surface area contributed by atoms with Crippen LogP contribution >= 0.6 is 23.6 Å². The number of esters is 1. The van der Waals surface area contributed by atoms with Gasteiger partial charge in [0.25, 0.3) is 5.91 Å². The van der Waals surface area contributed by atoms with E-state index in [2.05, 4.69) is 31.4 Å². The Kier molecular flexibility index (Phi) is 7.90. The van der Waals surface area contributed by atoms with Crippen LogP contribution in [-0.2, 0) is 22.4 Å². The second-order valence-corrected chi connectivity index (χ2v) is 10.0. The van der Waals surface area contributed by atoms with Crippen molar-refractivity contribution < 1.29 is 19.1 Å². The van der Waals surface area contributed by atoms with Gasteiger partial charge in [-0.3, -0.25) is 10.1 Å². The van der Waals surface area contributed by atoms with Crippen LogP contribution < -0.4 is 15.4 Å². The van der Waals surface area contributed by atoms with Gasteiger partial charge in [-0.2, -0.15) is 0 Å². The van der Waals surface area contributed by atoms with Gasteiger partial charge in [-0.1, -0.05) is 26.8 Å². The van der Waals surface area contributed by atoms with Gasteiger partial charge in [0.1, 0.15) is 10.8 Å². The molecular weight excluding hydrogens is 444 g/mol. The fraction of sp³-hybridized carbons (Fsp3) is 0.458. The number of aryl methyl sites for hydroxylation is 1. The monoisotopic (exact) mass is 474 g/mol. The minimum Gasteiger partial charge on any atom is -0.484 e. The molecule has 0 radical (unpaired) electrons. The van der Waals surface area contributed by atoms with Crippen LogP contribution in [0.4, 0.5) is 5.00 Å². The van der Waals surface area contributed by atoms with E-state index in [0.29, 0.717) is 28.1 Å². The molecule has 8 heteroatoms. The van der Waals surface area contributed by atoms with Crippen LogP contribution in [0.25, 0.3) is 0 Å². The molecule has 2 N–H and O–H groups in total. The van der Waals surface area contributed by atoms with Crippen molar-refractivity contribution in [3.05, 3.63) is 45.3 Å². The summed E-state index contributed by atoms with van der Waals surface area (Å²) >= 11 is 6.81. The number of ether oxygens (including phenoxy) is 2. The molecule has 0 spiro atoms. The number of thiophene rings is 1. The van der Waals surface area contributed by atoms with Gasteiger partial charge in [0.05, 0.1) is 12.7 Å². The first-order chi connectivity index (χ1) is 15.2. The summed E-state index contributed by atoms with van der Waals surface area (Å²) in [5.41, 5.74) is 3.93. The zero-order valence-electron chi connectivity index (χ0n) is 19.2. The minimum atomic E-state index is -0.391. The maximum Gasteiger partial charge on any atom is 0.341 e. The molecule has 0 bridgehead atoms. The zero-order chi connectivity index (χ0) is 23.4. The third kappa shape index (κ3) is 5.66. The van der Waals surface area contributed by atoms with E-state index in [1.807, 2.05) is 25.1 Å². The van der Waals surface area contributed by atoms with E-state index in [1.165, 1.54) is 28.9 Å². The van der Waals surface area contributed by atoms with Gasteiger partial charge in [-0.25, -0.2) is 4.79 Å². The number of nitrogens with one attached hydrogen (secondary N) is 2. The normalized spacial score (nSPS) is 15.1. The number of thiocarbonyl (C=S) groups is 1. The van der Waals surface area contributed by atoms with Crippen LogP contribution in [0.15, 0.2) is 18.2 Å². The molecule has 1 aliphatic rings. The average molecular weight is 475 g/mol. The van der Waals surface area contributed by atoms with Crippen LogP contribution in [0.3, 0.4) is 0 Å². The fourth-order valence-electron chi connectivity index (χ4n) is 3.99. The Morgan fingerprint density at radius 1 is 1.31 bits per heavy atom. The largest absolute Gasteiger partial charge is 0.484 e. The number of hydrogen-bond acceptors (Lipinski definition) is 6. The van der Waals surface area contributed by atoms with Gasteiger partial charge >= 0.3 is 5.97 Å². The lowest BCUT2D eigenvalue weighted by Crippen LogP contribution is -2.37. The third-order valence-corrected chi connectivity index (χ3v) is 6.99. The Hall–Kier alpha value is -2.45. The highest BCUT2D eigenvalue weighted by molar-refractivity contribution is 7.80. The Bertz CT molecular complexity index is 1030. The van der Waals surface area contributed by atoms with E-state index in [9.17, 15) is 9.59 Å². The number of benzene rings is 1. The molecule has 1 aliphatic carbocycles. The molecule has 1 amide bonds. The molecule has 172 valence electrons. The molecule has 1 atom stereocenters. The molecule has 1 unspecified atom stereocenters. The molecule has 6 nitrogen and oxygen atoms in total. The molecule has 0 aliphatic heterocycles. The van der Waals surface area contributed by atoms with Crippen molar-refractivity contribution in [2.75, 3.05) is 19.0 Å². The molecule has 0 fully saturated rings. The third-order valence-electron chi connectivity index (χ3n) is 5.61. The summed E-state index contributed by atoms with van der Waals surface area (Å²) < 4.78 is 10.6. The van der Waals surface area contributed by atoms with Crippen LogP contribution in [0.2, 0.25) is 0 Å². The summed E-state index contributed by atoms with van der Waals surface area (Å²) in [4.78, 5) is 25.9. The van der Waals surface area contributed by atoms with Gasteiger partial charge in [0, 0.05) is 4.88 Å². The Labute approximate surface area is 198 Å². The van der Waals surface area contributed by atoms with Gasteiger partial charge < -0.3 is 14.8 Å². The van der Waals surface area contributed by atoms with E-state index in [0.717, 1.165) is 30.4 Å². The molecule has 1 aromatic heterocycles. The number of carbonyl (C=O) groups excluding carboxylic acids is 2. The van der Waals surface area contributed by atoms with Gasteiger partial charge in [0.15, 0.2) is 11.7 Å². The fourth-order valence-corrected chi connectivity index (χ4v) is 5.67. The zero-order valence-corrected chi connectivity index (χ0v) is 20.8. The quantitative estimate of drug-likeness (QED) is 0.454. The van der Waals surface area contributed by atoms with Crippen molar-refractivity contribution in [3.63, 3.8) is 0 Å². The number of methoxy groups -OCH3 is 1. The highest BCUT2D eigenvalue weighted by Crippen LogP contribution is 2.40. The minimum absolute atomic E-state index is 0.127. The standard InChI is InChI=1S/C24H30N2O4S2/c1-13(2)17-9-7-16(11-15(17)4)30-12-20(27)25-24(31)26-22-21(23(28)29-5)18-8-6-14(3)10-19(18)32-22/h7,9,11,13-14H,6,8,10,12H2,1-5H3,(H2,25,26,27,31). The lowest BCUT2D eigenvalue weighted by Gasteiger charge is -2.18. The van der Waals surface area contributed by atoms with Crippen molar-refractivity contribution in [1.82, 2.24) is 5.32 Å². The molecule has 32 heavy (non-hydrogen) atoms. The van der Waals surface area contributed by atoms with E-state index in [4.69, 9.17) is 21.7 Å². The first-order valence-corrected chi connectivity index (χ1v) is 12.0. The number of anilines is 1.